The fourth-order valence-electron chi connectivity index (χ4n) is 4.46. The lowest BCUT2D eigenvalue weighted by atomic mass is 10.0. The molecule has 2 atom stereocenters. The number of nitrogens with one attached hydrogen (secondary N) is 1. The Bertz CT molecular complexity index is 1130. The van der Waals surface area contributed by atoms with E-state index < -0.39 is 17.8 Å². The van der Waals surface area contributed by atoms with Crippen molar-refractivity contribution in [1.29, 1.82) is 0 Å². The van der Waals surface area contributed by atoms with Crippen molar-refractivity contribution in [3.63, 3.8) is 0 Å². The van der Waals surface area contributed by atoms with Gasteiger partial charge in [0.2, 0.25) is 11.7 Å². The van der Waals surface area contributed by atoms with E-state index in [2.05, 4.69) is 30.2 Å². The average Bonchev–Trinajstić information content (AvgIpc) is 3.21. The highest BCUT2D eigenvalue weighted by Crippen LogP contribution is 2.37. The largest absolute Gasteiger partial charge is 0.475 e. The molecule has 2 saturated heterocycles. The first kappa shape index (κ1) is 23.2. The fraction of sp³-hybridized carbons (Fsp3) is 0.545. The van der Waals surface area contributed by atoms with Crippen LogP contribution in [0.1, 0.15) is 37.3 Å². The predicted molar refractivity (Wildman–Crippen MR) is 123 cm³/mol. The summed E-state index contributed by atoms with van der Waals surface area (Å²) < 4.78 is 21.8. The lowest BCUT2D eigenvalue weighted by Crippen LogP contribution is -2.56. The van der Waals surface area contributed by atoms with Crippen molar-refractivity contribution in [2.24, 2.45) is 0 Å². The highest BCUT2D eigenvalue weighted by molar-refractivity contribution is 6.04. The van der Waals surface area contributed by atoms with Crippen LogP contribution in [0.4, 0.5) is 22.1 Å². The Balaban J connectivity index is 1.33. The smallest absolute Gasteiger partial charge is 0.376 e. The van der Waals surface area contributed by atoms with Gasteiger partial charge in [0.15, 0.2) is 11.6 Å². The molecule has 3 aliphatic heterocycles. The van der Waals surface area contributed by atoms with Crippen LogP contribution in [0.3, 0.4) is 0 Å². The monoisotopic (exact) mass is 485 g/mol. The summed E-state index contributed by atoms with van der Waals surface area (Å²) in [5.74, 6) is -0.496. The van der Waals surface area contributed by atoms with E-state index in [1.165, 1.54) is 19.5 Å². The molecule has 2 amide bonds. The summed E-state index contributed by atoms with van der Waals surface area (Å²) in [7, 11) is 1.26. The van der Waals surface area contributed by atoms with Crippen molar-refractivity contribution in [3.8, 4) is 5.88 Å². The molecule has 0 unspecified atom stereocenters. The number of carbonyl (C=O) groups is 2. The quantitative estimate of drug-likeness (QED) is 0.617. The Labute approximate surface area is 201 Å². The molecule has 0 saturated carbocycles. The highest BCUT2D eigenvalue weighted by Gasteiger charge is 2.39. The molecule has 5 heterocycles. The Morgan fingerprint density at radius 1 is 1.29 bits per heavy atom. The van der Waals surface area contributed by atoms with Crippen LogP contribution in [-0.2, 0) is 14.2 Å². The lowest BCUT2D eigenvalue weighted by Gasteiger charge is -2.45. The Morgan fingerprint density at radius 2 is 2.14 bits per heavy atom. The van der Waals surface area contributed by atoms with Crippen molar-refractivity contribution in [1.82, 2.24) is 19.9 Å². The van der Waals surface area contributed by atoms with Crippen LogP contribution in [0.15, 0.2) is 18.6 Å². The summed E-state index contributed by atoms with van der Waals surface area (Å²) in [5, 5.41) is 2.80. The van der Waals surface area contributed by atoms with Gasteiger partial charge in [0.25, 0.3) is 0 Å². The van der Waals surface area contributed by atoms with E-state index in [0.29, 0.717) is 30.5 Å². The van der Waals surface area contributed by atoms with E-state index in [1.54, 1.807) is 11.1 Å². The number of esters is 1. The number of ether oxygens (including phenoxy) is 4. The number of amides is 2. The van der Waals surface area contributed by atoms with Gasteiger partial charge in [-0.15, -0.1) is 0 Å². The molecule has 1 N–H and O–H groups in total. The van der Waals surface area contributed by atoms with Crippen LogP contribution in [0.2, 0.25) is 0 Å². The third-order valence-electron chi connectivity index (χ3n) is 6.03. The van der Waals surface area contributed by atoms with Gasteiger partial charge in [-0.2, -0.15) is 0 Å². The maximum Gasteiger partial charge on any atom is 0.376 e. The van der Waals surface area contributed by atoms with Crippen molar-refractivity contribution < 1.29 is 28.5 Å². The summed E-state index contributed by atoms with van der Waals surface area (Å²) in [4.78, 5) is 45.9. The van der Waals surface area contributed by atoms with Crippen LogP contribution >= 0.6 is 0 Å². The number of hydrogen-bond donors (Lipinski definition) is 1. The molecular formula is C22H27N7O6. The van der Waals surface area contributed by atoms with E-state index in [4.69, 9.17) is 18.9 Å². The summed E-state index contributed by atoms with van der Waals surface area (Å²) in [6.07, 6.45) is 4.37. The molecule has 3 aliphatic rings. The van der Waals surface area contributed by atoms with Crippen LogP contribution in [0.25, 0.3) is 0 Å². The number of hydrogen-bond acceptors (Lipinski definition) is 11. The van der Waals surface area contributed by atoms with Crippen LogP contribution in [0, 0.1) is 0 Å². The van der Waals surface area contributed by atoms with Gasteiger partial charge >= 0.3 is 12.0 Å². The minimum atomic E-state index is -0.670. The molecule has 5 rings (SSSR count). The zero-order valence-electron chi connectivity index (χ0n) is 19.8. The van der Waals surface area contributed by atoms with Gasteiger partial charge in [0.05, 0.1) is 31.6 Å². The summed E-state index contributed by atoms with van der Waals surface area (Å²) in [5.41, 5.74) is 0.692. The molecule has 13 heteroatoms. The van der Waals surface area contributed by atoms with E-state index >= 15 is 0 Å². The molecule has 0 radical (unpaired) electrons. The zero-order chi connectivity index (χ0) is 24.6. The molecule has 2 aromatic heterocycles. The van der Waals surface area contributed by atoms with E-state index in [1.807, 2.05) is 13.8 Å². The first-order valence-corrected chi connectivity index (χ1v) is 11.4. The van der Waals surface area contributed by atoms with Gasteiger partial charge in [-0.3, -0.25) is 10.2 Å². The molecule has 13 nitrogen and oxygen atoms in total. The Kier molecular flexibility index (Phi) is 6.11. The first-order chi connectivity index (χ1) is 16.8. The molecule has 0 aromatic carbocycles. The number of methoxy groups -OCH3 is 1. The lowest BCUT2D eigenvalue weighted by molar-refractivity contribution is -0.141. The van der Waals surface area contributed by atoms with Crippen molar-refractivity contribution in [2.45, 2.75) is 44.6 Å². The topological polar surface area (TPSA) is 141 Å². The third kappa shape index (κ3) is 4.82. The number of urea groups is 1. The van der Waals surface area contributed by atoms with Crippen molar-refractivity contribution in [2.75, 3.05) is 48.5 Å². The average molecular weight is 486 g/mol. The standard InChI is InChI=1S/C22H27N7O6/c1-22(2)34-11-14(35-22)10-33-17-7-16(24-12-25-17)26-21(31)29-13-5-4-6-28(9-13)15-8-23-18(20(30)32-3)27-19(15)29/h7-8,12-14H,4-6,9-11H2,1-3H3,(H,24,25,26,31)/t13-,14-/m0/s1. The maximum atomic E-state index is 13.4. The van der Waals surface area contributed by atoms with E-state index in [-0.39, 0.29) is 30.4 Å². The number of fused-ring (bicyclic) bond motifs is 4. The Morgan fingerprint density at radius 3 is 2.91 bits per heavy atom. The van der Waals surface area contributed by atoms with E-state index in [0.717, 1.165) is 19.4 Å². The molecule has 2 fully saturated rings. The molecule has 2 bridgehead atoms. The SMILES string of the molecule is COC(=O)c1ncc2c(n1)N(C(=O)Nc1cc(OC[C@H]3COC(C)(C)O3)ncn1)[C@H]1CCCN2C1. The summed E-state index contributed by atoms with van der Waals surface area (Å²) >= 11 is 0. The van der Waals surface area contributed by atoms with Crippen molar-refractivity contribution in [3.05, 3.63) is 24.4 Å². The predicted octanol–water partition coefficient (Wildman–Crippen LogP) is 1.60. The van der Waals surface area contributed by atoms with Crippen LogP contribution in [0.5, 0.6) is 5.88 Å². The van der Waals surface area contributed by atoms with Crippen LogP contribution < -0.4 is 19.9 Å². The first-order valence-electron chi connectivity index (χ1n) is 11.4. The molecule has 0 spiro atoms. The normalized spacial score (nSPS) is 22.4. The third-order valence-corrected chi connectivity index (χ3v) is 6.03. The minimum Gasteiger partial charge on any atom is -0.475 e. The zero-order valence-corrected chi connectivity index (χ0v) is 19.8. The minimum absolute atomic E-state index is 0.107. The Hall–Kier alpha value is -3.58. The second-order valence-corrected chi connectivity index (χ2v) is 8.94. The highest BCUT2D eigenvalue weighted by atomic mass is 16.7. The number of carbonyl (C=O) groups excluding carboxylic acids is 2. The van der Waals surface area contributed by atoms with Crippen LogP contribution in [-0.4, -0.2) is 83.3 Å². The molecule has 35 heavy (non-hydrogen) atoms. The van der Waals surface area contributed by atoms with Gasteiger partial charge in [0.1, 0.15) is 24.9 Å². The van der Waals surface area contributed by atoms with Gasteiger partial charge in [-0.05, 0) is 26.7 Å². The number of rotatable bonds is 5. The summed E-state index contributed by atoms with van der Waals surface area (Å²) in [6.45, 7) is 5.84. The summed E-state index contributed by atoms with van der Waals surface area (Å²) in [6, 6.07) is 1.000. The molecule has 186 valence electrons. The van der Waals surface area contributed by atoms with Gasteiger partial charge in [-0.1, -0.05) is 0 Å². The second-order valence-electron chi connectivity index (χ2n) is 8.94. The number of aromatic nitrogens is 4. The molecule has 2 aromatic rings. The maximum absolute atomic E-state index is 13.4. The fourth-order valence-corrected chi connectivity index (χ4v) is 4.46. The number of nitrogens with zero attached hydrogens (tertiary/aromatic N) is 6. The number of anilines is 3. The second kappa shape index (κ2) is 9.23. The molecule has 0 aliphatic carbocycles. The van der Waals surface area contributed by atoms with Crippen molar-refractivity contribution >= 4 is 29.3 Å². The van der Waals surface area contributed by atoms with Gasteiger partial charge < -0.3 is 23.8 Å². The molecular weight excluding hydrogens is 458 g/mol. The number of piperidine rings is 1. The van der Waals surface area contributed by atoms with Gasteiger partial charge in [0, 0.05) is 19.2 Å². The van der Waals surface area contributed by atoms with Gasteiger partial charge in [-0.25, -0.2) is 29.5 Å². The van der Waals surface area contributed by atoms with E-state index in [9.17, 15) is 9.59 Å².